The molecule has 2 atom stereocenters. The molecule has 3 rings (SSSR count). The van der Waals surface area contributed by atoms with Crippen LogP contribution >= 0.6 is 11.6 Å². The molecule has 2 aliphatic heterocycles. The van der Waals surface area contributed by atoms with Gasteiger partial charge in [0.2, 0.25) is 0 Å². The van der Waals surface area contributed by atoms with Crippen LogP contribution in [0.2, 0.25) is 0 Å². The zero-order chi connectivity index (χ0) is 13.2. The van der Waals surface area contributed by atoms with E-state index in [1.165, 1.54) is 18.4 Å². The van der Waals surface area contributed by atoms with Crippen LogP contribution in [-0.2, 0) is 11.3 Å². The zero-order valence-corrected chi connectivity index (χ0v) is 11.6. The van der Waals surface area contributed by atoms with Crippen LogP contribution < -0.4 is 0 Å². The largest absolute Gasteiger partial charge is 0.450 e. The molecular formula is C15H18ClNO2. The van der Waals surface area contributed by atoms with E-state index in [-0.39, 0.29) is 6.10 Å². The summed E-state index contributed by atoms with van der Waals surface area (Å²) in [4.78, 5) is 13.4. The van der Waals surface area contributed by atoms with Crippen LogP contribution in [0, 0.1) is 0 Å². The number of hydrogen-bond donors (Lipinski definition) is 0. The number of nitrogens with zero attached hydrogens (tertiary/aromatic N) is 1. The third-order valence-electron chi connectivity index (χ3n) is 4.31. The molecule has 2 saturated heterocycles. The summed E-state index contributed by atoms with van der Waals surface area (Å²) in [5, 5.41) is 0. The zero-order valence-electron chi connectivity index (χ0n) is 10.8. The van der Waals surface area contributed by atoms with E-state index < -0.39 is 5.43 Å². The smallest absolute Gasteiger partial charge is 0.404 e. The number of fused-ring (bicyclic) bond motifs is 2. The normalized spacial score (nSPS) is 30.3. The van der Waals surface area contributed by atoms with E-state index in [0.717, 1.165) is 19.4 Å². The fraction of sp³-hybridized carbons (Fsp3) is 0.533. The number of carbonyl (C=O) groups excluding carboxylic acids is 1. The van der Waals surface area contributed by atoms with Gasteiger partial charge in [-0.25, -0.2) is 4.79 Å². The van der Waals surface area contributed by atoms with Gasteiger partial charge in [-0.3, -0.25) is 4.90 Å². The van der Waals surface area contributed by atoms with Gasteiger partial charge in [0.1, 0.15) is 6.10 Å². The predicted molar refractivity (Wildman–Crippen MR) is 74.2 cm³/mol. The van der Waals surface area contributed by atoms with E-state index in [1.807, 2.05) is 6.07 Å². The number of benzene rings is 1. The summed E-state index contributed by atoms with van der Waals surface area (Å²) in [6.07, 6.45) is 4.25. The number of piperidine rings is 1. The van der Waals surface area contributed by atoms with Crippen LogP contribution in [0.5, 0.6) is 0 Å². The Morgan fingerprint density at radius 3 is 2.42 bits per heavy atom. The summed E-state index contributed by atoms with van der Waals surface area (Å²) in [5.41, 5.74) is 0.688. The second-order valence-corrected chi connectivity index (χ2v) is 5.80. The Balaban J connectivity index is 1.65. The van der Waals surface area contributed by atoms with E-state index in [0.29, 0.717) is 12.1 Å². The third-order valence-corrected chi connectivity index (χ3v) is 4.40. The SMILES string of the molecule is O=C(Cl)OC1CC2CCC(C1)N2Cc1ccccc1. The summed E-state index contributed by atoms with van der Waals surface area (Å²) in [6, 6.07) is 11.6. The van der Waals surface area contributed by atoms with Crippen molar-refractivity contribution < 1.29 is 9.53 Å². The summed E-state index contributed by atoms with van der Waals surface area (Å²) < 4.78 is 5.17. The molecule has 2 aliphatic rings. The molecule has 1 aromatic rings. The van der Waals surface area contributed by atoms with Crippen molar-refractivity contribution >= 4 is 17.0 Å². The van der Waals surface area contributed by atoms with Gasteiger partial charge >= 0.3 is 5.43 Å². The lowest BCUT2D eigenvalue weighted by Gasteiger charge is -2.38. The van der Waals surface area contributed by atoms with Gasteiger partial charge in [0.05, 0.1) is 0 Å². The van der Waals surface area contributed by atoms with Crippen molar-refractivity contribution in [2.24, 2.45) is 0 Å². The molecule has 2 heterocycles. The van der Waals surface area contributed by atoms with E-state index in [2.05, 4.69) is 29.2 Å². The van der Waals surface area contributed by atoms with E-state index in [1.54, 1.807) is 0 Å². The number of carbonyl (C=O) groups is 1. The summed E-state index contributed by atoms with van der Waals surface area (Å²) in [6.45, 7) is 0.998. The Hall–Kier alpha value is -1.06. The lowest BCUT2D eigenvalue weighted by molar-refractivity contribution is 0.0240. The van der Waals surface area contributed by atoms with Gasteiger partial charge in [-0.1, -0.05) is 30.3 Å². The van der Waals surface area contributed by atoms with Crippen LogP contribution in [0.3, 0.4) is 0 Å². The average molecular weight is 280 g/mol. The van der Waals surface area contributed by atoms with Crippen LogP contribution in [0.15, 0.2) is 30.3 Å². The fourth-order valence-electron chi connectivity index (χ4n) is 3.50. The Kier molecular flexibility index (Phi) is 3.76. The molecule has 2 bridgehead atoms. The first kappa shape index (κ1) is 12.9. The third kappa shape index (κ3) is 2.93. The van der Waals surface area contributed by atoms with Crippen molar-refractivity contribution in [3.05, 3.63) is 35.9 Å². The molecule has 4 heteroatoms. The number of ether oxygens (including phenoxy) is 1. The van der Waals surface area contributed by atoms with Crippen LogP contribution in [-0.4, -0.2) is 28.5 Å². The topological polar surface area (TPSA) is 29.5 Å². The van der Waals surface area contributed by atoms with Gasteiger partial charge in [-0.2, -0.15) is 0 Å². The molecule has 0 spiro atoms. The molecule has 19 heavy (non-hydrogen) atoms. The van der Waals surface area contributed by atoms with Gasteiger partial charge in [0, 0.05) is 43.1 Å². The van der Waals surface area contributed by atoms with E-state index >= 15 is 0 Å². The van der Waals surface area contributed by atoms with Crippen LogP contribution in [0.25, 0.3) is 0 Å². The molecule has 0 radical (unpaired) electrons. The van der Waals surface area contributed by atoms with Gasteiger partial charge < -0.3 is 4.74 Å². The summed E-state index contributed by atoms with van der Waals surface area (Å²) in [5.74, 6) is 0. The molecule has 1 aromatic carbocycles. The minimum absolute atomic E-state index is 0.00882. The molecule has 0 aliphatic carbocycles. The highest BCUT2D eigenvalue weighted by atomic mass is 35.5. The fourth-order valence-corrected chi connectivity index (χ4v) is 3.63. The minimum atomic E-state index is -0.666. The van der Waals surface area contributed by atoms with E-state index in [4.69, 9.17) is 16.3 Å². The lowest BCUT2D eigenvalue weighted by Crippen LogP contribution is -2.45. The lowest BCUT2D eigenvalue weighted by atomic mass is 9.99. The summed E-state index contributed by atoms with van der Waals surface area (Å²) in [7, 11) is 0. The van der Waals surface area contributed by atoms with Crippen LogP contribution in [0.4, 0.5) is 4.79 Å². The highest BCUT2D eigenvalue weighted by Crippen LogP contribution is 2.38. The first-order valence-corrected chi connectivity index (χ1v) is 7.26. The Labute approximate surface area is 118 Å². The maximum atomic E-state index is 10.8. The van der Waals surface area contributed by atoms with Gasteiger partial charge in [0.25, 0.3) is 0 Å². The van der Waals surface area contributed by atoms with Gasteiger partial charge in [-0.15, -0.1) is 0 Å². The van der Waals surface area contributed by atoms with Crippen molar-refractivity contribution in [1.82, 2.24) is 4.90 Å². The Bertz CT molecular complexity index is 437. The standard InChI is InChI=1S/C15H18ClNO2/c16-15(18)19-14-8-12-6-7-13(9-14)17(12)10-11-4-2-1-3-5-11/h1-5,12-14H,6-10H2. The Morgan fingerprint density at radius 1 is 1.21 bits per heavy atom. The summed E-state index contributed by atoms with van der Waals surface area (Å²) >= 11 is 5.32. The minimum Gasteiger partial charge on any atom is -0.450 e. The number of rotatable bonds is 3. The van der Waals surface area contributed by atoms with Crippen molar-refractivity contribution in [2.75, 3.05) is 0 Å². The molecule has 0 saturated carbocycles. The van der Waals surface area contributed by atoms with Gasteiger partial charge in [-0.05, 0) is 18.4 Å². The second-order valence-electron chi connectivity index (χ2n) is 5.49. The molecule has 2 unspecified atom stereocenters. The first-order valence-electron chi connectivity index (χ1n) is 6.88. The second kappa shape index (κ2) is 5.51. The van der Waals surface area contributed by atoms with E-state index in [9.17, 15) is 4.79 Å². The first-order chi connectivity index (χ1) is 9.22. The molecule has 0 N–H and O–H groups in total. The van der Waals surface area contributed by atoms with Crippen molar-refractivity contribution in [3.8, 4) is 0 Å². The average Bonchev–Trinajstić information content (AvgIpc) is 2.62. The number of hydrogen-bond acceptors (Lipinski definition) is 3. The molecule has 2 fully saturated rings. The van der Waals surface area contributed by atoms with Crippen molar-refractivity contribution in [3.63, 3.8) is 0 Å². The maximum absolute atomic E-state index is 10.8. The molecular weight excluding hydrogens is 262 g/mol. The molecule has 0 aromatic heterocycles. The maximum Gasteiger partial charge on any atom is 0.404 e. The highest BCUT2D eigenvalue weighted by molar-refractivity contribution is 6.61. The monoisotopic (exact) mass is 279 g/mol. The van der Waals surface area contributed by atoms with Gasteiger partial charge in [0.15, 0.2) is 0 Å². The van der Waals surface area contributed by atoms with Crippen molar-refractivity contribution in [2.45, 2.75) is 50.4 Å². The Morgan fingerprint density at radius 2 is 1.84 bits per heavy atom. The molecule has 3 nitrogen and oxygen atoms in total. The van der Waals surface area contributed by atoms with Crippen molar-refractivity contribution in [1.29, 1.82) is 0 Å². The molecule has 102 valence electrons. The quantitative estimate of drug-likeness (QED) is 0.793. The van der Waals surface area contributed by atoms with Crippen LogP contribution in [0.1, 0.15) is 31.2 Å². The number of halogens is 1. The molecule has 0 amide bonds. The highest BCUT2D eigenvalue weighted by Gasteiger charge is 2.41. The predicted octanol–water partition coefficient (Wildman–Crippen LogP) is 3.56.